The standard InChI is InChI=1S/C19H34BrNO2/c20-17-5-3-16(4-6-17)15-23-19-9-7-18(8-10-19)22-14-13-21-11-1-2-12-21/h16-19H,1-15H2. The van der Waals surface area contributed by atoms with E-state index in [1.165, 1.54) is 77.3 Å². The molecule has 0 bridgehead atoms. The first kappa shape index (κ1) is 18.2. The molecule has 3 nitrogen and oxygen atoms in total. The van der Waals surface area contributed by atoms with E-state index in [0.717, 1.165) is 30.5 Å². The molecule has 0 N–H and O–H groups in total. The Morgan fingerprint density at radius 2 is 1.39 bits per heavy atom. The lowest BCUT2D eigenvalue weighted by molar-refractivity contribution is -0.0447. The van der Waals surface area contributed by atoms with Crippen molar-refractivity contribution in [1.82, 2.24) is 4.90 Å². The van der Waals surface area contributed by atoms with Crippen LogP contribution in [0.3, 0.4) is 0 Å². The number of alkyl halides is 1. The van der Waals surface area contributed by atoms with Crippen LogP contribution in [0.2, 0.25) is 0 Å². The molecule has 3 aliphatic rings. The molecule has 23 heavy (non-hydrogen) atoms. The van der Waals surface area contributed by atoms with Crippen molar-refractivity contribution in [3.8, 4) is 0 Å². The summed E-state index contributed by atoms with van der Waals surface area (Å²) < 4.78 is 12.3. The van der Waals surface area contributed by atoms with E-state index in [2.05, 4.69) is 20.8 Å². The number of rotatable bonds is 7. The number of nitrogens with zero attached hydrogens (tertiary/aromatic N) is 1. The second-order valence-corrected chi connectivity index (χ2v) is 9.06. The first-order valence-electron chi connectivity index (χ1n) is 9.89. The van der Waals surface area contributed by atoms with Gasteiger partial charge in [-0.25, -0.2) is 0 Å². The molecule has 2 aliphatic carbocycles. The lowest BCUT2D eigenvalue weighted by Crippen LogP contribution is -2.31. The van der Waals surface area contributed by atoms with Crippen LogP contribution in [0.4, 0.5) is 0 Å². The molecule has 0 spiro atoms. The van der Waals surface area contributed by atoms with Gasteiger partial charge in [0, 0.05) is 18.0 Å². The minimum absolute atomic E-state index is 0.487. The zero-order chi connectivity index (χ0) is 15.9. The molecule has 0 amide bonds. The second kappa shape index (κ2) is 9.74. The summed E-state index contributed by atoms with van der Waals surface area (Å²) in [7, 11) is 0. The smallest absolute Gasteiger partial charge is 0.0597 e. The zero-order valence-corrected chi connectivity index (χ0v) is 16.1. The van der Waals surface area contributed by atoms with E-state index in [-0.39, 0.29) is 0 Å². The Bertz CT molecular complexity index is 319. The van der Waals surface area contributed by atoms with Gasteiger partial charge >= 0.3 is 0 Å². The first-order valence-corrected chi connectivity index (χ1v) is 10.8. The lowest BCUT2D eigenvalue weighted by atomic mass is 9.89. The Labute approximate surface area is 150 Å². The predicted molar refractivity (Wildman–Crippen MR) is 98.3 cm³/mol. The maximum Gasteiger partial charge on any atom is 0.0597 e. The number of likely N-dealkylation sites (tertiary alicyclic amines) is 1. The summed E-state index contributed by atoms with van der Waals surface area (Å²) in [6.07, 6.45) is 13.8. The molecule has 0 aromatic carbocycles. The molecule has 0 aromatic rings. The van der Waals surface area contributed by atoms with E-state index in [4.69, 9.17) is 9.47 Å². The van der Waals surface area contributed by atoms with Gasteiger partial charge in [0.2, 0.25) is 0 Å². The maximum absolute atomic E-state index is 6.21. The summed E-state index contributed by atoms with van der Waals surface area (Å²) >= 11 is 3.73. The van der Waals surface area contributed by atoms with Crippen LogP contribution in [0, 0.1) is 5.92 Å². The van der Waals surface area contributed by atoms with Gasteiger partial charge in [-0.3, -0.25) is 0 Å². The van der Waals surface area contributed by atoms with Crippen LogP contribution in [0.1, 0.15) is 64.2 Å². The SMILES string of the molecule is BrC1CCC(COC2CCC(OCCN3CCCC3)CC2)CC1. The molecule has 1 heterocycles. The first-order chi connectivity index (χ1) is 11.3. The molecular weight excluding hydrogens is 354 g/mol. The largest absolute Gasteiger partial charge is 0.378 e. The second-order valence-electron chi connectivity index (χ2n) is 7.77. The molecule has 1 saturated heterocycles. The van der Waals surface area contributed by atoms with Crippen LogP contribution in [0.25, 0.3) is 0 Å². The molecule has 4 heteroatoms. The molecule has 0 radical (unpaired) electrons. The van der Waals surface area contributed by atoms with Crippen molar-refractivity contribution in [3.63, 3.8) is 0 Å². The Morgan fingerprint density at radius 1 is 0.783 bits per heavy atom. The van der Waals surface area contributed by atoms with E-state index in [1.807, 2.05) is 0 Å². The van der Waals surface area contributed by atoms with E-state index in [1.54, 1.807) is 0 Å². The molecule has 3 fully saturated rings. The highest BCUT2D eigenvalue weighted by Crippen LogP contribution is 2.30. The van der Waals surface area contributed by atoms with Gasteiger partial charge in [-0.1, -0.05) is 15.9 Å². The molecule has 1 aliphatic heterocycles. The van der Waals surface area contributed by atoms with Crippen molar-refractivity contribution < 1.29 is 9.47 Å². The normalized spacial score (nSPS) is 36.4. The molecular formula is C19H34BrNO2. The highest BCUT2D eigenvalue weighted by Gasteiger charge is 2.25. The van der Waals surface area contributed by atoms with Gasteiger partial charge in [-0.2, -0.15) is 0 Å². The van der Waals surface area contributed by atoms with Crippen molar-refractivity contribution >= 4 is 15.9 Å². The van der Waals surface area contributed by atoms with Crippen LogP contribution in [-0.2, 0) is 9.47 Å². The molecule has 0 unspecified atom stereocenters. The van der Waals surface area contributed by atoms with Crippen molar-refractivity contribution in [3.05, 3.63) is 0 Å². The van der Waals surface area contributed by atoms with E-state index < -0.39 is 0 Å². The molecule has 134 valence electrons. The maximum atomic E-state index is 6.21. The highest BCUT2D eigenvalue weighted by molar-refractivity contribution is 9.09. The average molecular weight is 388 g/mol. The Kier molecular flexibility index (Phi) is 7.69. The summed E-state index contributed by atoms with van der Waals surface area (Å²) in [6.45, 7) is 5.60. The van der Waals surface area contributed by atoms with Crippen molar-refractivity contribution in [2.24, 2.45) is 5.92 Å². The van der Waals surface area contributed by atoms with Gasteiger partial charge in [0.05, 0.1) is 18.8 Å². The summed E-state index contributed by atoms with van der Waals surface area (Å²) in [5, 5.41) is 0. The van der Waals surface area contributed by atoms with Crippen LogP contribution in [-0.4, -0.2) is 54.8 Å². The fourth-order valence-electron chi connectivity index (χ4n) is 4.28. The number of halogens is 1. The third kappa shape index (κ3) is 6.30. The van der Waals surface area contributed by atoms with Crippen LogP contribution in [0.15, 0.2) is 0 Å². The number of hydrogen-bond acceptors (Lipinski definition) is 3. The lowest BCUT2D eigenvalue weighted by Gasteiger charge is -2.31. The van der Waals surface area contributed by atoms with E-state index in [9.17, 15) is 0 Å². The predicted octanol–water partition coefficient (Wildman–Crippen LogP) is 4.38. The molecule has 0 aromatic heterocycles. The summed E-state index contributed by atoms with van der Waals surface area (Å²) in [4.78, 5) is 3.29. The summed E-state index contributed by atoms with van der Waals surface area (Å²) in [5.74, 6) is 0.804. The fraction of sp³-hybridized carbons (Fsp3) is 1.00. The van der Waals surface area contributed by atoms with Crippen LogP contribution < -0.4 is 0 Å². The van der Waals surface area contributed by atoms with Gasteiger partial charge < -0.3 is 14.4 Å². The Hall–Kier alpha value is 0.360. The van der Waals surface area contributed by atoms with Crippen molar-refractivity contribution in [2.45, 2.75) is 81.2 Å². The summed E-state index contributed by atoms with van der Waals surface area (Å²) in [5.41, 5.74) is 0. The van der Waals surface area contributed by atoms with Crippen molar-refractivity contribution in [2.75, 3.05) is 32.8 Å². The van der Waals surface area contributed by atoms with Crippen molar-refractivity contribution in [1.29, 1.82) is 0 Å². The average Bonchev–Trinajstić information content (AvgIpc) is 3.09. The van der Waals surface area contributed by atoms with Crippen LogP contribution in [0.5, 0.6) is 0 Å². The van der Waals surface area contributed by atoms with Gasteiger partial charge in [0.25, 0.3) is 0 Å². The third-order valence-electron chi connectivity index (χ3n) is 5.92. The quantitative estimate of drug-likeness (QED) is 0.604. The third-order valence-corrected chi connectivity index (χ3v) is 6.84. The highest BCUT2D eigenvalue weighted by atomic mass is 79.9. The Morgan fingerprint density at radius 3 is 2.04 bits per heavy atom. The minimum atomic E-state index is 0.487. The van der Waals surface area contributed by atoms with E-state index in [0.29, 0.717) is 12.2 Å². The zero-order valence-electron chi connectivity index (χ0n) is 14.6. The van der Waals surface area contributed by atoms with Gasteiger partial charge in [0.15, 0.2) is 0 Å². The van der Waals surface area contributed by atoms with Gasteiger partial charge in [0.1, 0.15) is 0 Å². The number of ether oxygens (including phenoxy) is 2. The molecule has 2 saturated carbocycles. The fourth-order valence-corrected chi connectivity index (χ4v) is 4.81. The number of hydrogen-bond donors (Lipinski definition) is 0. The molecule has 3 rings (SSSR count). The van der Waals surface area contributed by atoms with Crippen LogP contribution >= 0.6 is 15.9 Å². The molecule has 0 atom stereocenters. The van der Waals surface area contributed by atoms with E-state index >= 15 is 0 Å². The topological polar surface area (TPSA) is 21.7 Å². The van der Waals surface area contributed by atoms with Gasteiger partial charge in [-0.15, -0.1) is 0 Å². The summed E-state index contributed by atoms with van der Waals surface area (Å²) in [6, 6.07) is 0. The van der Waals surface area contributed by atoms with Gasteiger partial charge in [-0.05, 0) is 83.2 Å². The minimum Gasteiger partial charge on any atom is -0.378 e. The monoisotopic (exact) mass is 387 g/mol. The Balaban J connectivity index is 1.22.